The molecular formula is C22H20F3N5O4S. The van der Waals surface area contributed by atoms with Crippen LogP contribution in [0.2, 0.25) is 0 Å². The summed E-state index contributed by atoms with van der Waals surface area (Å²) in [6.07, 6.45) is 1.60. The van der Waals surface area contributed by atoms with Crippen molar-refractivity contribution in [3.63, 3.8) is 0 Å². The van der Waals surface area contributed by atoms with Crippen LogP contribution in [0.3, 0.4) is 0 Å². The van der Waals surface area contributed by atoms with Crippen molar-refractivity contribution in [1.29, 1.82) is 0 Å². The summed E-state index contributed by atoms with van der Waals surface area (Å²) in [5.74, 6) is -6.47. The highest BCUT2D eigenvalue weighted by molar-refractivity contribution is 7.92. The fourth-order valence-electron chi connectivity index (χ4n) is 3.63. The number of carbonyl (C=O) groups excluding carboxylic acids is 2. The van der Waals surface area contributed by atoms with Crippen LogP contribution in [0, 0.1) is 17.5 Å². The van der Waals surface area contributed by atoms with Gasteiger partial charge in [0.2, 0.25) is 15.9 Å². The van der Waals surface area contributed by atoms with E-state index in [0.29, 0.717) is 24.7 Å². The molecule has 2 N–H and O–H groups in total. The molecule has 0 saturated carbocycles. The number of piperazine rings is 1. The minimum atomic E-state index is -4.04. The van der Waals surface area contributed by atoms with Crippen LogP contribution in [0.25, 0.3) is 11.0 Å². The molecule has 1 fully saturated rings. The lowest BCUT2D eigenvalue weighted by Crippen LogP contribution is -2.48. The largest absolute Gasteiger partial charge is 0.307 e. The molecule has 0 bridgehead atoms. The topological polar surface area (TPSA) is 121 Å². The molecule has 1 amide bonds. The Kier molecular flexibility index (Phi) is 6.72. The fraction of sp³-hybridized carbons (Fsp3) is 0.273. The minimum Gasteiger partial charge on any atom is -0.307 e. The number of rotatable bonds is 7. The van der Waals surface area contributed by atoms with E-state index < -0.39 is 44.5 Å². The Hall–Kier alpha value is -3.58. The summed E-state index contributed by atoms with van der Waals surface area (Å²) in [6, 6.07) is 4.18. The van der Waals surface area contributed by atoms with Crippen molar-refractivity contribution < 1.29 is 31.2 Å². The van der Waals surface area contributed by atoms with Crippen molar-refractivity contribution in [3.05, 3.63) is 59.0 Å². The summed E-state index contributed by atoms with van der Waals surface area (Å²) in [5, 5.41) is 2.93. The maximum Gasteiger partial charge on any atom is 0.242 e. The normalized spacial score (nSPS) is 14.4. The van der Waals surface area contributed by atoms with Crippen LogP contribution < -0.4 is 14.9 Å². The van der Waals surface area contributed by atoms with Gasteiger partial charge in [-0.1, -0.05) is 6.92 Å². The first-order valence-corrected chi connectivity index (χ1v) is 12.3. The van der Waals surface area contributed by atoms with Gasteiger partial charge in [0.05, 0.1) is 40.8 Å². The molecule has 184 valence electrons. The van der Waals surface area contributed by atoms with Crippen molar-refractivity contribution in [1.82, 2.24) is 15.3 Å². The van der Waals surface area contributed by atoms with Gasteiger partial charge in [-0.15, -0.1) is 0 Å². The predicted molar refractivity (Wildman–Crippen MR) is 122 cm³/mol. The lowest BCUT2D eigenvalue weighted by molar-refractivity contribution is -0.118. The molecule has 13 heteroatoms. The number of benzene rings is 2. The summed E-state index contributed by atoms with van der Waals surface area (Å²) in [7, 11) is -4.04. The number of ketones is 1. The van der Waals surface area contributed by atoms with Crippen molar-refractivity contribution in [3.8, 4) is 0 Å². The van der Waals surface area contributed by atoms with E-state index in [4.69, 9.17) is 0 Å². The van der Waals surface area contributed by atoms with E-state index in [1.165, 1.54) is 29.3 Å². The molecule has 0 aliphatic carbocycles. The highest BCUT2D eigenvalue weighted by Gasteiger charge is 2.28. The zero-order valence-electron chi connectivity index (χ0n) is 18.4. The summed E-state index contributed by atoms with van der Waals surface area (Å²) in [5.41, 5.74) is -1.84. The highest BCUT2D eigenvalue weighted by atomic mass is 32.2. The SMILES string of the molecule is CCCS(=O)(=O)Nc1cc(F)c(F)c(C(=O)c2ccc3ncc(N4CCNCC4=O)nc3c2)c1F. The second-order valence-corrected chi connectivity index (χ2v) is 9.65. The Balaban J connectivity index is 1.75. The van der Waals surface area contributed by atoms with Gasteiger partial charge in [-0.3, -0.25) is 24.2 Å². The molecule has 1 aliphatic heterocycles. The smallest absolute Gasteiger partial charge is 0.242 e. The summed E-state index contributed by atoms with van der Waals surface area (Å²) >= 11 is 0. The molecule has 1 saturated heterocycles. The first kappa shape index (κ1) is 24.5. The number of amides is 1. The predicted octanol–water partition coefficient (Wildman–Crippen LogP) is 2.37. The van der Waals surface area contributed by atoms with Crippen LogP contribution in [0.15, 0.2) is 30.5 Å². The van der Waals surface area contributed by atoms with Gasteiger partial charge < -0.3 is 5.32 Å². The molecule has 9 nitrogen and oxygen atoms in total. The van der Waals surface area contributed by atoms with Gasteiger partial charge in [0.1, 0.15) is 0 Å². The molecule has 0 spiro atoms. The van der Waals surface area contributed by atoms with Gasteiger partial charge in [0.15, 0.2) is 29.1 Å². The molecule has 2 heterocycles. The Labute approximate surface area is 198 Å². The average Bonchev–Trinajstić information content (AvgIpc) is 2.82. The molecule has 1 aliphatic rings. The molecule has 0 unspecified atom stereocenters. The molecule has 3 aromatic rings. The van der Waals surface area contributed by atoms with Crippen LogP contribution in [0.5, 0.6) is 0 Å². The standard InChI is InChI=1S/C22H20F3N5O4S/c1-2-7-35(33,34)29-16-9-13(23)20(24)19(21(16)25)22(32)12-3-4-14-15(8-12)28-17(10-27-14)30-6-5-26-11-18(30)31/h3-4,8-10,26,29H,2,5-7,11H2,1H3. The number of sulfonamides is 1. The van der Waals surface area contributed by atoms with Crippen LogP contribution in [-0.2, 0) is 14.8 Å². The van der Waals surface area contributed by atoms with E-state index in [1.54, 1.807) is 6.92 Å². The van der Waals surface area contributed by atoms with E-state index in [-0.39, 0.29) is 41.5 Å². The van der Waals surface area contributed by atoms with E-state index in [0.717, 1.165) is 0 Å². The summed E-state index contributed by atoms with van der Waals surface area (Å²) < 4.78 is 69.7. The zero-order valence-corrected chi connectivity index (χ0v) is 19.3. The van der Waals surface area contributed by atoms with Gasteiger partial charge in [-0.2, -0.15) is 0 Å². The highest BCUT2D eigenvalue weighted by Crippen LogP contribution is 2.28. The van der Waals surface area contributed by atoms with Crippen molar-refractivity contribution in [2.45, 2.75) is 13.3 Å². The second-order valence-electron chi connectivity index (χ2n) is 7.81. The van der Waals surface area contributed by atoms with Gasteiger partial charge in [0, 0.05) is 24.7 Å². The number of nitrogens with one attached hydrogen (secondary N) is 2. The van der Waals surface area contributed by atoms with Crippen LogP contribution in [0.4, 0.5) is 24.7 Å². The first-order valence-electron chi connectivity index (χ1n) is 10.6. The quantitative estimate of drug-likeness (QED) is 0.372. The second kappa shape index (κ2) is 9.58. The third-order valence-corrected chi connectivity index (χ3v) is 6.76. The Bertz CT molecular complexity index is 1450. The van der Waals surface area contributed by atoms with E-state index in [1.807, 2.05) is 4.72 Å². The maximum atomic E-state index is 15.1. The molecule has 35 heavy (non-hydrogen) atoms. The van der Waals surface area contributed by atoms with Gasteiger partial charge in [-0.05, 0) is 24.6 Å². The zero-order chi connectivity index (χ0) is 25.3. The number of anilines is 2. The van der Waals surface area contributed by atoms with Crippen molar-refractivity contribution in [2.75, 3.05) is 35.0 Å². The lowest BCUT2D eigenvalue weighted by atomic mass is 10.0. The fourth-order valence-corrected chi connectivity index (χ4v) is 4.75. The maximum absolute atomic E-state index is 15.1. The Morgan fingerprint density at radius 1 is 1.17 bits per heavy atom. The average molecular weight is 507 g/mol. The molecule has 0 radical (unpaired) electrons. The number of hydrogen-bond acceptors (Lipinski definition) is 7. The van der Waals surface area contributed by atoms with Gasteiger partial charge in [-0.25, -0.2) is 26.6 Å². The van der Waals surface area contributed by atoms with Crippen LogP contribution >= 0.6 is 0 Å². The minimum absolute atomic E-state index is 0.126. The number of aromatic nitrogens is 2. The summed E-state index contributed by atoms with van der Waals surface area (Å²) in [4.78, 5) is 35.1. The molecule has 2 aromatic carbocycles. The van der Waals surface area contributed by atoms with E-state index in [2.05, 4.69) is 15.3 Å². The third-order valence-electron chi connectivity index (χ3n) is 5.28. The lowest BCUT2D eigenvalue weighted by Gasteiger charge is -2.26. The Morgan fingerprint density at radius 3 is 2.66 bits per heavy atom. The van der Waals surface area contributed by atoms with Gasteiger partial charge >= 0.3 is 0 Å². The monoisotopic (exact) mass is 507 g/mol. The van der Waals surface area contributed by atoms with Gasteiger partial charge in [0.25, 0.3) is 0 Å². The van der Waals surface area contributed by atoms with Crippen LogP contribution in [-0.4, -0.2) is 55.5 Å². The number of nitrogens with zero attached hydrogens (tertiary/aromatic N) is 3. The number of halogens is 3. The van der Waals surface area contributed by atoms with Crippen molar-refractivity contribution >= 4 is 44.3 Å². The molecule has 0 atom stereocenters. The number of hydrogen-bond donors (Lipinski definition) is 2. The third kappa shape index (κ3) is 4.95. The molecular weight excluding hydrogens is 487 g/mol. The van der Waals surface area contributed by atoms with Crippen LogP contribution in [0.1, 0.15) is 29.3 Å². The number of fused-ring (bicyclic) bond motifs is 1. The molecule has 1 aromatic heterocycles. The Morgan fingerprint density at radius 2 is 1.94 bits per heavy atom. The van der Waals surface area contributed by atoms with E-state index in [9.17, 15) is 26.8 Å². The van der Waals surface area contributed by atoms with Crippen molar-refractivity contribution in [2.24, 2.45) is 0 Å². The number of carbonyl (C=O) groups is 2. The van der Waals surface area contributed by atoms with E-state index >= 15 is 4.39 Å². The first-order chi connectivity index (χ1) is 16.6. The summed E-state index contributed by atoms with van der Waals surface area (Å²) in [6.45, 7) is 2.60. The molecule has 4 rings (SSSR count).